The van der Waals surface area contributed by atoms with Gasteiger partial charge in [0, 0.05) is 17.4 Å². The molecular formula is C17H13F3N2O2Os-2. The molecule has 1 fully saturated rings. The minimum atomic E-state index is -1.20. The molecule has 1 aliphatic carbocycles. The molecule has 0 aliphatic heterocycles. The van der Waals surface area contributed by atoms with E-state index in [1.54, 1.807) is 24.3 Å². The molecule has 25 heavy (non-hydrogen) atoms. The Morgan fingerprint density at radius 1 is 1.20 bits per heavy atom. The van der Waals surface area contributed by atoms with Crippen LogP contribution in [0.4, 0.5) is 18.9 Å². The van der Waals surface area contributed by atoms with E-state index >= 15 is 0 Å². The Morgan fingerprint density at radius 3 is 2.24 bits per heavy atom. The number of ether oxygens (including phenoxy) is 1. The summed E-state index contributed by atoms with van der Waals surface area (Å²) in [6.45, 7) is 1.17. The molecule has 0 unspecified atom stereocenters. The molecule has 2 aromatic rings. The summed E-state index contributed by atoms with van der Waals surface area (Å²) in [5, 5.41) is 8.32. The van der Waals surface area contributed by atoms with E-state index in [2.05, 4.69) is 0 Å². The number of hydrogen-bond acceptors (Lipinski definition) is 3. The molecule has 1 N–H and O–H groups in total. The molecule has 1 saturated carbocycles. The van der Waals surface area contributed by atoms with Gasteiger partial charge in [-0.15, -0.1) is 5.69 Å². The molecule has 0 aromatic heterocycles. The van der Waals surface area contributed by atoms with Crippen LogP contribution >= 0.6 is 0 Å². The number of benzene rings is 2. The van der Waals surface area contributed by atoms with Crippen LogP contribution in [0, 0.1) is 41.8 Å². The van der Waals surface area contributed by atoms with Crippen LogP contribution in [0.2, 0.25) is 0 Å². The Morgan fingerprint density at radius 2 is 1.76 bits per heavy atom. The summed E-state index contributed by atoms with van der Waals surface area (Å²) >= 11 is 0.611. The van der Waals surface area contributed by atoms with E-state index in [0.717, 1.165) is 12.8 Å². The van der Waals surface area contributed by atoms with Crippen molar-refractivity contribution in [3.05, 3.63) is 64.6 Å². The third kappa shape index (κ3) is 6.29. The molecule has 3 rings (SSSR count). The first-order valence-electron chi connectivity index (χ1n) is 7.01. The number of hydrogen-bond donors (Lipinski definition) is 0. The number of nitrogens with zero attached hydrogens (tertiary/aromatic N) is 1. The number of rotatable bonds is 2. The van der Waals surface area contributed by atoms with E-state index in [9.17, 15) is 13.2 Å². The molecule has 2 aromatic carbocycles. The van der Waals surface area contributed by atoms with E-state index in [1.165, 1.54) is 6.92 Å². The third-order valence-corrected chi connectivity index (χ3v) is 3.10. The van der Waals surface area contributed by atoms with Crippen LogP contribution in [0.3, 0.4) is 0 Å². The third-order valence-electron chi connectivity index (χ3n) is 3.10. The molecular weight excluding hydrogens is 511 g/mol. The van der Waals surface area contributed by atoms with Crippen molar-refractivity contribution < 1.29 is 40.0 Å². The van der Waals surface area contributed by atoms with Crippen LogP contribution in [0.25, 0.3) is 5.73 Å². The Kier molecular flexibility index (Phi) is 8.24. The van der Waals surface area contributed by atoms with Crippen molar-refractivity contribution >= 4 is 5.69 Å². The molecule has 0 spiro atoms. The van der Waals surface area contributed by atoms with Crippen molar-refractivity contribution in [2.24, 2.45) is 0 Å². The van der Waals surface area contributed by atoms with E-state index in [4.69, 9.17) is 19.3 Å². The van der Waals surface area contributed by atoms with Crippen molar-refractivity contribution in [1.29, 1.82) is 5.26 Å². The average Bonchev–Trinajstić information content (AvgIpc) is 3.45. The van der Waals surface area contributed by atoms with Crippen LogP contribution in [-0.4, -0.2) is 6.10 Å². The monoisotopic (exact) mass is 526 g/mol. The molecule has 0 atom stereocenters. The fourth-order valence-electron chi connectivity index (χ4n) is 1.62. The summed E-state index contributed by atoms with van der Waals surface area (Å²) in [4.78, 5) is 0. The van der Waals surface area contributed by atoms with E-state index in [-0.39, 0.29) is 17.4 Å². The summed E-state index contributed by atoms with van der Waals surface area (Å²) in [6.07, 6.45) is 1.58. The maximum absolute atomic E-state index is 13.3. The molecule has 0 amide bonds. The fourth-order valence-corrected chi connectivity index (χ4v) is 1.62. The Balaban J connectivity index is 0.000000246. The van der Waals surface area contributed by atoms with Gasteiger partial charge in [0.05, 0.1) is 23.6 Å². The quantitative estimate of drug-likeness (QED) is 0.416. The second kappa shape index (κ2) is 9.91. The van der Waals surface area contributed by atoms with Crippen molar-refractivity contribution in [3.63, 3.8) is 0 Å². The minimum absolute atomic E-state index is 0.0648. The van der Waals surface area contributed by atoms with Crippen molar-refractivity contribution in [2.75, 3.05) is 0 Å². The zero-order valence-electron chi connectivity index (χ0n) is 13.1. The Hall–Kier alpha value is -2.24. The molecule has 0 radical (unpaired) electrons. The Bertz CT molecular complexity index is 760. The molecule has 0 saturated heterocycles. The van der Waals surface area contributed by atoms with E-state index in [1.807, 2.05) is 12.1 Å². The molecule has 0 heterocycles. The van der Waals surface area contributed by atoms with Gasteiger partial charge in [-0.3, -0.25) is 8.78 Å². The zero-order chi connectivity index (χ0) is 19.0. The SMILES string of the molecule is Cc1c(F)c(F)[c-]c(OC2CC2)c1F.N#Cc1ccc([NH-])cc1.[O]=[Os]. The second-order valence-corrected chi connectivity index (χ2v) is 5.03. The van der Waals surface area contributed by atoms with Gasteiger partial charge in [0.15, 0.2) is 0 Å². The predicted molar refractivity (Wildman–Crippen MR) is 79.4 cm³/mol. The first-order valence-corrected chi connectivity index (χ1v) is 8.05. The fraction of sp³-hybridized carbons (Fsp3) is 0.235. The first kappa shape index (κ1) is 20.8. The van der Waals surface area contributed by atoms with Gasteiger partial charge in [0.2, 0.25) is 0 Å². The van der Waals surface area contributed by atoms with Crippen LogP contribution in [0.5, 0.6) is 5.75 Å². The summed E-state index contributed by atoms with van der Waals surface area (Å²) in [5.74, 6) is -3.58. The van der Waals surface area contributed by atoms with E-state index < -0.39 is 17.5 Å². The van der Waals surface area contributed by atoms with Crippen LogP contribution in [0.1, 0.15) is 24.0 Å². The van der Waals surface area contributed by atoms with Gasteiger partial charge in [-0.25, -0.2) is 4.39 Å². The van der Waals surface area contributed by atoms with Crippen molar-refractivity contribution in [1.82, 2.24) is 0 Å². The molecule has 4 nitrogen and oxygen atoms in total. The van der Waals surface area contributed by atoms with Gasteiger partial charge in [-0.2, -0.15) is 5.26 Å². The summed E-state index contributed by atoms with van der Waals surface area (Å²) in [6, 6.07) is 10.3. The zero-order valence-corrected chi connectivity index (χ0v) is 15.6. The maximum atomic E-state index is 13.3. The average molecular weight is 525 g/mol. The number of halogens is 3. The van der Waals surface area contributed by atoms with Crippen molar-refractivity contribution in [2.45, 2.75) is 25.9 Å². The normalized spacial score (nSPS) is 12.0. The second-order valence-electron chi connectivity index (χ2n) is 5.03. The number of nitriles is 1. The summed E-state index contributed by atoms with van der Waals surface area (Å²) < 4.78 is 52.2. The van der Waals surface area contributed by atoms with Crippen LogP contribution in [-0.2, 0) is 22.1 Å². The van der Waals surface area contributed by atoms with Gasteiger partial charge in [-0.05, 0) is 25.0 Å². The number of nitrogens with one attached hydrogen (secondary N) is 1. The van der Waals surface area contributed by atoms with Gasteiger partial charge in [0.1, 0.15) is 0 Å². The van der Waals surface area contributed by atoms with Crippen LogP contribution < -0.4 is 4.74 Å². The van der Waals surface area contributed by atoms with Gasteiger partial charge in [0.25, 0.3) is 0 Å². The van der Waals surface area contributed by atoms with E-state index in [0.29, 0.717) is 29.8 Å². The topological polar surface area (TPSA) is 73.9 Å². The molecule has 8 heteroatoms. The molecule has 1 aliphatic rings. The summed E-state index contributed by atoms with van der Waals surface area (Å²) in [5.41, 5.74) is 7.74. The van der Waals surface area contributed by atoms with Gasteiger partial charge in [-0.1, -0.05) is 30.7 Å². The standard InChI is InChI=1S/C10H8F3O.C7H5N2.O.Os/c1-5-9(12)7(11)4-8(10(5)13)14-6-2-3-6;8-5-6-1-3-7(9)4-2-6;;/h6H,2-3H2,1H3;1-4,9H;;/q2*-1;;. The molecule has 0 bridgehead atoms. The predicted octanol–water partition coefficient (Wildman–Crippen LogP) is 4.87. The summed E-state index contributed by atoms with van der Waals surface area (Å²) in [7, 11) is 0. The van der Waals surface area contributed by atoms with Gasteiger partial charge < -0.3 is 10.5 Å². The van der Waals surface area contributed by atoms with Crippen LogP contribution in [0.15, 0.2) is 24.3 Å². The van der Waals surface area contributed by atoms with Crippen molar-refractivity contribution in [3.8, 4) is 11.8 Å². The molecule has 134 valence electrons. The first-order chi connectivity index (χ1) is 11.9. The van der Waals surface area contributed by atoms with Gasteiger partial charge >= 0.3 is 22.1 Å². The Labute approximate surface area is 153 Å².